The van der Waals surface area contributed by atoms with E-state index >= 15 is 0 Å². The molecule has 1 aliphatic rings. The van der Waals surface area contributed by atoms with Gasteiger partial charge in [0.25, 0.3) is 0 Å². The third kappa shape index (κ3) is 4.07. The van der Waals surface area contributed by atoms with Crippen molar-refractivity contribution in [2.45, 2.75) is 19.3 Å². The van der Waals surface area contributed by atoms with Gasteiger partial charge in [0, 0.05) is 33.6 Å². The molecule has 0 N–H and O–H groups in total. The van der Waals surface area contributed by atoms with E-state index in [1.165, 1.54) is 72.0 Å². The topological polar surface area (TPSA) is 17.8 Å². The van der Waals surface area contributed by atoms with Gasteiger partial charge >= 0.3 is 0 Å². The highest BCUT2D eigenvalue weighted by atomic mass is 15.0. The van der Waals surface area contributed by atoms with Crippen LogP contribution in [0.3, 0.4) is 0 Å². The number of hydrogen-bond acceptors (Lipinski definition) is 1. The van der Waals surface area contributed by atoms with Gasteiger partial charge in [-0.2, -0.15) is 0 Å². The molecule has 46 heavy (non-hydrogen) atoms. The van der Waals surface area contributed by atoms with Gasteiger partial charge in [0.1, 0.15) is 0 Å². The van der Waals surface area contributed by atoms with Crippen molar-refractivity contribution in [2.75, 3.05) is 0 Å². The van der Waals surface area contributed by atoms with Crippen LogP contribution >= 0.6 is 0 Å². The lowest BCUT2D eigenvalue weighted by Gasteiger charge is -2.22. The van der Waals surface area contributed by atoms with E-state index in [-0.39, 0.29) is 5.41 Å². The summed E-state index contributed by atoms with van der Waals surface area (Å²) in [5.41, 5.74) is 16.1. The van der Waals surface area contributed by atoms with Gasteiger partial charge in [-0.05, 0) is 93.0 Å². The molecule has 0 spiro atoms. The SMILES string of the molecule is CC1(C)c2ccc(-c3ccc(-n4c5ccccc5c5ccccc54)cc3)cc2-c2ccc(-c3ccc(-c4ccccn4)cc3)cc21. The molecule has 2 nitrogen and oxygen atoms in total. The van der Waals surface area contributed by atoms with E-state index < -0.39 is 0 Å². The van der Waals surface area contributed by atoms with Crippen LogP contribution in [0.1, 0.15) is 25.0 Å². The Morgan fingerprint density at radius 2 is 1.02 bits per heavy atom. The van der Waals surface area contributed by atoms with E-state index in [1.807, 2.05) is 18.3 Å². The summed E-state index contributed by atoms with van der Waals surface area (Å²) in [7, 11) is 0. The molecule has 0 bridgehead atoms. The molecular formula is C44H32N2. The van der Waals surface area contributed by atoms with Crippen molar-refractivity contribution in [3.05, 3.63) is 169 Å². The quantitative estimate of drug-likeness (QED) is 0.200. The summed E-state index contributed by atoms with van der Waals surface area (Å²) >= 11 is 0. The number of rotatable bonds is 4. The number of benzene rings is 6. The molecule has 0 saturated carbocycles. The van der Waals surface area contributed by atoms with Crippen LogP contribution in [0.25, 0.3) is 72.1 Å². The molecule has 0 radical (unpaired) electrons. The fraction of sp³-hybridized carbons (Fsp3) is 0.0682. The second-order valence-corrected chi connectivity index (χ2v) is 12.9. The highest BCUT2D eigenvalue weighted by Crippen LogP contribution is 2.50. The number of hydrogen-bond donors (Lipinski definition) is 0. The van der Waals surface area contributed by atoms with E-state index in [4.69, 9.17) is 0 Å². The summed E-state index contributed by atoms with van der Waals surface area (Å²) in [6.07, 6.45) is 1.84. The molecule has 0 atom stereocenters. The third-order valence-electron chi connectivity index (χ3n) is 9.89. The molecular weight excluding hydrogens is 556 g/mol. The predicted molar refractivity (Wildman–Crippen MR) is 192 cm³/mol. The zero-order valence-electron chi connectivity index (χ0n) is 25.9. The summed E-state index contributed by atoms with van der Waals surface area (Å²) in [6.45, 7) is 4.71. The number of pyridine rings is 1. The van der Waals surface area contributed by atoms with Crippen LogP contribution in [0.5, 0.6) is 0 Å². The summed E-state index contributed by atoms with van der Waals surface area (Å²) in [6, 6.07) is 55.2. The Morgan fingerprint density at radius 3 is 1.70 bits per heavy atom. The minimum atomic E-state index is -0.0759. The Kier molecular flexibility index (Phi) is 5.88. The van der Waals surface area contributed by atoms with Crippen LogP contribution < -0.4 is 0 Å². The molecule has 6 aromatic carbocycles. The number of para-hydroxylation sites is 2. The summed E-state index contributed by atoms with van der Waals surface area (Å²) in [5, 5.41) is 2.57. The first-order chi connectivity index (χ1) is 22.6. The zero-order chi connectivity index (χ0) is 30.8. The molecule has 0 aliphatic heterocycles. The Labute approximate surface area is 269 Å². The van der Waals surface area contributed by atoms with Crippen molar-refractivity contribution < 1.29 is 0 Å². The molecule has 218 valence electrons. The second-order valence-electron chi connectivity index (χ2n) is 12.9. The smallest absolute Gasteiger partial charge is 0.0701 e. The van der Waals surface area contributed by atoms with E-state index in [0.29, 0.717) is 0 Å². The molecule has 8 aromatic rings. The van der Waals surface area contributed by atoms with E-state index in [2.05, 4.69) is 163 Å². The maximum Gasteiger partial charge on any atom is 0.0701 e. The molecule has 0 amide bonds. The van der Waals surface area contributed by atoms with Crippen molar-refractivity contribution in [1.82, 2.24) is 9.55 Å². The minimum absolute atomic E-state index is 0.0759. The third-order valence-corrected chi connectivity index (χ3v) is 9.89. The van der Waals surface area contributed by atoms with Crippen molar-refractivity contribution in [3.63, 3.8) is 0 Å². The maximum atomic E-state index is 4.51. The molecule has 9 rings (SSSR count). The molecule has 2 heterocycles. The molecule has 0 unspecified atom stereocenters. The van der Waals surface area contributed by atoms with Crippen LogP contribution in [0.2, 0.25) is 0 Å². The predicted octanol–water partition coefficient (Wildman–Crippen LogP) is 11.5. The standard InChI is InChI=1S/C44H32N2/c1-44(2)39-25-21-32(30-18-22-34(23-19-30)46-42-12-5-3-9-36(42)37-10-4-6-13-43(37)46)27-38(39)35-24-20-33(28-40(35)44)29-14-16-31(17-15-29)41-11-7-8-26-45-41/h3-28H,1-2H3. The zero-order valence-corrected chi connectivity index (χ0v) is 25.9. The molecule has 0 fully saturated rings. The van der Waals surface area contributed by atoms with Crippen LogP contribution in [0, 0.1) is 0 Å². The van der Waals surface area contributed by atoms with E-state index in [0.717, 1.165) is 11.3 Å². The minimum Gasteiger partial charge on any atom is -0.309 e. The van der Waals surface area contributed by atoms with Crippen molar-refractivity contribution in [1.29, 1.82) is 0 Å². The van der Waals surface area contributed by atoms with Crippen LogP contribution in [0.4, 0.5) is 0 Å². The first-order valence-corrected chi connectivity index (χ1v) is 16.0. The molecule has 0 saturated heterocycles. The van der Waals surface area contributed by atoms with E-state index in [1.54, 1.807) is 0 Å². The van der Waals surface area contributed by atoms with Crippen molar-refractivity contribution in [3.8, 4) is 50.3 Å². The lowest BCUT2D eigenvalue weighted by Crippen LogP contribution is -2.15. The second kappa shape index (κ2) is 10.2. The summed E-state index contributed by atoms with van der Waals surface area (Å²) in [4.78, 5) is 4.51. The number of fused-ring (bicyclic) bond motifs is 6. The monoisotopic (exact) mass is 588 g/mol. The normalized spacial score (nSPS) is 13.2. The molecule has 1 aliphatic carbocycles. The number of aromatic nitrogens is 2. The number of nitrogens with zero attached hydrogens (tertiary/aromatic N) is 2. The largest absolute Gasteiger partial charge is 0.309 e. The average molecular weight is 589 g/mol. The van der Waals surface area contributed by atoms with Crippen LogP contribution in [-0.2, 0) is 5.41 Å². The summed E-state index contributed by atoms with van der Waals surface area (Å²) < 4.78 is 2.37. The Hall–Kier alpha value is -5.73. The highest BCUT2D eigenvalue weighted by molar-refractivity contribution is 6.09. The lowest BCUT2D eigenvalue weighted by molar-refractivity contribution is 0.660. The maximum absolute atomic E-state index is 4.51. The molecule has 2 heteroatoms. The highest BCUT2D eigenvalue weighted by Gasteiger charge is 2.35. The van der Waals surface area contributed by atoms with Gasteiger partial charge in [0.2, 0.25) is 0 Å². The fourth-order valence-corrected chi connectivity index (χ4v) is 7.48. The van der Waals surface area contributed by atoms with Gasteiger partial charge in [-0.25, -0.2) is 0 Å². The fourth-order valence-electron chi connectivity index (χ4n) is 7.48. The average Bonchev–Trinajstić information content (AvgIpc) is 3.57. The van der Waals surface area contributed by atoms with Gasteiger partial charge < -0.3 is 4.57 Å². The van der Waals surface area contributed by atoms with Crippen molar-refractivity contribution >= 4 is 21.8 Å². The Morgan fingerprint density at radius 1 is 0.457 bits per heavy atom. The molecule has 2 aromatic heterocycles. The van der Waals surface area contributed by atoms with Gasteiger partial charge in [0.05, 0.1) is 16.7 Å². The van der Waals surface area contributed by atoms with Crippen LogP contribution in [-0.4, -0.2) is 9.55 Å². The Balaban J connectivity index is 1.06. The van der Waals surface area contributed by atoms with Crippen molar-refractivity contribution in [2.24, 2.45) is 0 Å². The van der Waals surface area contributed by atoms with E-state index in [9.17, 15) is 0 Å². The van der Waals surface area contributed by atoms with Gasteiger partial charge in [0.15, 0.2) is 0 Å². The summed E-state index contributed by atoms with van der Waals surface area (Å²) in [5.74, 6) is 0. The van der Waals surface area contributed by atoms with Crippen LogP contribution in [0.15, 0.2) is 158 Å². The van der Waals surface area contributed by atoms with Gasteiger partial charge in [-0.3, -0.25) is 4.98 Å². The van der Waals surface area contributed by atoms with Gasteiger partial charge in [-0.1, -0.05) is 117 Å². The first-order valence-electron chi connectivity index (χ1n) is 16.0. The Bertz CT molecular complexity index is 2360. The first kappa shape index (κ1) is 26.7. The van der Waals surface area contributed by atoms with Gasteiger partial charge in [-0.15, -0.1) is 0 Å². The lowest BCUT2D eigenvalue weighted by atomic mass is 9.81.